The van der Waals surface area contributed by atoms with Gasteiger partial charge in [0.25, 0.3) is 0 Å². The molecule has 0 saturated heterocycles. The van der Waals surface area contributed by atoms with Crippen LogP contribution in [0.1, 0.15) is 0 Å². The van der Waals surface area contributed by atoms with E-state index in [0.717, 1.165) is 39.4 Å². The van der Waals surface area contributed by atoms with Crippen LogP contribution in [0.25, 0.3) is 122 Å². The number of rotatable bonds is 7. The number of pyridine rings is 1. The van der Waals surface area contributed by atoms with Crippen LogP contribution in [-0.4, -0.2) is 14.1 Å². The maximum atomic E-state index is 5.34. The van der Waals surface area contributed by atoms with Crippen molar-refractivity contribution >= 4 is 54.4 Å². The predicted octanol–water partition coefficient (Wildman–Crippen LogP) is 16.8. The van der Waals surface area contributed by atoms with Crippen LogP contribution in [0.15, 0.2) is 249 Å². The third kappa shape index (κ3) is 6.40. The molecule has 0 aliphatic heterocycles. The molecular formula is C63H41N3. The zero-order chi connectivity index (χ0) is 43.6. The van der Waals surface area contributed by atoms with Crippen molar-refractivity contribution in [3.8, 4) is 67.3 Å². The zero-order valence-corrected chi connectivity index (χ0v) is 36.0. The molecule has 3 aromatic heterocycles. The van der Waals surface area contributed by atoms with Gasteiger partial charge in [-0.1, -0.05) is 176 Å². The van der Waals surface area contributed by atoms with Crippen LogP contribution in [0.2, 0.25) is 0 Å². The fourth-order valence-corrected chi connectivity index (χ4v) is 10.1. The highest BCUT2D eigenvalue weighted by atomic mass is 15.1. The van der Waals surface area contributed by atoms with Gasteiger partial charge in [0.05, 0.1) is 27.8 Å². The Kier molecular flexibility index (Phi) is 8.85. The molecule has 0 unspecified atom stereocenters. The lowest BCUT2D eigenvalue weighted by molar-refractivity contribution is 1.08. The molecule has 0 bridgehead atoms. The van der Waals surface area contributed by atoms with Crippen molar-refractivity contribution in [1.82, 2.24) is 14.1 Å². The van der Waals surface area contributed by atoms with Crippen molar-refractivity contribution < 1.29 is 0 Å². The van der Waals surface area contributed by atoms with Gasteiger partial charge in [-0.3, -0.25) is 4.57 Å². The number of hydrogen-bond acceptors (Lipinski definition) is 1. The Labute approximate surface area is 382 Å². The maximum absolute atomic E-state index is 5.34. The molecule has 3 nitrogen and oxygen atoms in total. The molecule has 3 heteroatoms. The Morgan fingerprint density at radius 1 is 0.242 bits per heavy atom. The first-order valence-electron chi connectivity index (χ1n) is 22.6. The van der Waals surface area contributed by atoms with Gasteiger partial charge in [-0.05, 0) is 128 Å². The van der Waals surface area contributed by atoms with Gasteiger partial charge in [0, 0.05) is 32.8 Å². The molecule has 66 heavy (non-hydrogen) atoms. The second-order valence-corrected chi connectivity index (χ2v) is 17.2. The number of fused-ring (bicyclic) bond motifs is 7. The van der Waals surface area contributed by atoms with Crippen LogP contribution in [0.3, 0.4) is 0 Å². The van der Waals surface area contributed by atoms with Crippen molar-refractivity contribution in [3.05, 3.63) is 249 Å². The van der Waals surface area contributed by atoms with Gasteiger partial charge in [-0.15, -0.1) is 0 Å². The first kappa shape index (κ1) is 37.7. The summed E-state index contributed by atoms with van der Waals surface area (Å²) in [5, 5.41) is 7.39. The number of benzene rings is 10. The average molecular weight is 840 g/mol. The minimum atomic E-state index is 0.892. The fraction of sp³-hybridized carbons (Fsp3) is 0. The van der Waals surface area contributed by atoms with E-state index in [2.05, 4.69) is 258 Å². The second-order valence-electron chi connectivity index (χ2n) is 17.2. The predicted molar refractivity (Wildman–Crippen MR) is 278 cm³/mol. The Balaban J connectivity index is 0.852. The molecule has 0 aliphatic rings. The molecule has 13 aromatic rings. The van der Waals surface area contributed by atoms with Crippen LogP contribution >= 0.6 is 0 Å². The summed E-state index contributed by atoms with van der Waals surface area (Å²) in [6.45, 7) is 0. The van der Waals surface area contributed by atoms with E-state index in [1.807, 2.05) is 0 Å². The van der Waals surface area contributed by atoms with Crippen molar-refractivity contribution in [2.45, 2.75) is 0 Å². The molecule has 13 rings (SSSR count). The summed E-state index contributed by atoms with van der Waals surface area (Å²) in [6.07, 6.45) is 0. The van der Waals surface area contributed by atoms with E-state index >= 15 is 0 Å². The smallest absolute Gasteiger partial charge is 0.138 e. The molecule has 0 amide bonds. The fourth-order valence-electron chi connectivity index (χ4n) is 10.1. The molecule has 0 saturated carbocycles. The lowest BCUT2D eigenvalue weighted by Crippen LogP contribution is -1.98. The van der Waals surface area contributed by atoms with Gasteiger partial charge in [0.2, 0.25) is 0 Å². The molecule has 0 N–H and O–H groups in total. The monoisotopic (exact) mass is 839 g/mol. The third-order valence-corrected chi connectivity index (χ3v) is 13.3. The lowest BCUT2D eigenvalue weighted by Gasteiger charge is -2.11. The number of para-hydroxylation sites is 2. The van der Waals surface area contributed by atoms with E-state index in [0.29, 0.717) is 0 Å². The highest BCUT2D eigenvalue weighted by Gasteiger charge is 2.17. The summed E-state index contributed by atoms with van der Waals surface area (Å²) in [7, 11) is 0. The quantitative estimate of drug-likeness (QED) is 0.157. The molecule has 0 spiro atoms. The van der Waals surface area contributed by atoms with Crippen molar-refractivity contribution in [1.29, 1.82) is 0 Å². The molecule has 3 heterocycles. The normalized spacial score (nSPS) is 11.6. The van der Waals surface area contributed by atoms with E-state index in [9.17, 15) is 0 Å². The summed E-state index contributed by atoms with van der Waals surface area (Å²) in [5.41, 5.74) is 17.4. The Hall–Kier alpha value is -8.79. The maximum Gasteiger partial charge on any atom is 0.138 e. The van der Waals surface area contributed by atoms with Gasteiger partial charge in [-0.25, -0.2) is 4.98 Å². The number of nitrogens with zero attached hydrogens (tertiary/aromatic N) is 3. The van der Waals surface area contributed by atoms with Gasteiger partial charge < -0.3 is 4.57 Å². The topological polar surface area (TPSA) is 22.8 Å². The van der Waals surface area contributed by atoms with E-state index in [1.165, 1.54) is 82.3 Å². The SMILES string of the molecule is c1ccc(-c2ccc(-c3cccc(-c4cccc(-n5c6ccccc6c6cc(-c7ccc8c(c7)c7ccccc7n8-c7ccc(-c8ccc9ccccc9c8)cc7)ccc65)n4)c3)cc2)cc1. The molecule has 0 aliphatic carbocycles. The summed E-state index contributed by atoms with van der Waals surface area (Å²) >= 11 is 0. The number of hydrogen-bond donors (Lipinski definition) is 0. The van der Waals surface area contributed by atoms with E-state index in [4.69, 9.17) is 4.98 Å². The van der Waals surface area contributed by atoms with Crippen LogP contribution in [0.5, 0.6) is 0 Å². The largest absolute Gasteiger partial charge is 0.309 e. The highest BCUT2D eigenvalue weighted by Crippen LogP contribution is 2.39. The first-order valence-corrected chi connectivity index (χ1v) is 22.6. The highest BCUT2D eigenvalue weighted by molar-refractivity contribution is 6.12. The molecule has 0 radical (unpaired) electrons. The van der Waals surface area contributed by atoms with Crippen LogP contribution in [0.4, 0.5) is 0 Å². The van der Waals surface area contributed by atoms with Crippen LogP contribution < -0.4 is 0 Å². The molecule has 0 atom stereocenters. The van der Waals surface area contributed by atoms with Crippen molar-refractivity contribution in [3.63, 3.8) is 0 Å². The number of aromatic nitrogens is 3. The summed E-state index contributed by atoms with van der Waals surface area (Å²) < 4.78 is 4.71. The third-order valence-electron chi connectivity index (χ3n) is 13.3. The van der Waals surface area contributed by atoms with E-state index in [-0.39, 0.29) is 0 Å². The van der Waals surface area contributed by atoms with Gasteiger partial charge in [0.15, 0.2) is 0 Å². The summed E-state index contributed by atoms with van der Waals surface area (Å²) in [4.78, 5) is 5.34. The van der Waals surface area contributed by atoms with Crippen molar-refractivity contribution in [2.24, 2.45) is 0 Å². The first-order chi connectivity index (χ1) is 32.7. The van der Waals surface area contributed by atoms with Gasteiger partial charge in [0.1, 0.15) is 5.82 Å². The Bertz CT molecular complexity index is 3970. The molecule has 10 aromatic carbocycles. The van der Waals surface area contributed by atoms with Gasteiger partial charge in [-0.2, -0.15) is 0 Å². The van der Waals surface area contributed by atoms with E-state index < -0.39 is 0 Å². The molecule has 308 valence electrons. The molecular weight excluding hydrogens is 799 g/mol. The summed E-state index contributed by atoms with van der Waals surface area (Å²) in [6, 6.07) is 90.0. The van der Waals surface area contributed by atoms with E-state index in [1.54, 1.807) is 0 Å². The standard InChI is InChI=1S/C63H41N3/c1-2-12-42(13-3-1)44-24-26-45(27-25-44)48-16-10-17-52(39-48)58-20-11-23-63(64-58)66-60-22-9-7-19-55(60)57-41-51(33-37-62(57)66)50-32-36-61-56(40-50)54-18-6-8-21-59(54)65(61)53-34-30-46(31-35-53)49-29-28-43-14-4-5-15-47(43)38-49/h1-41H. The Morgan fingerprint density at radius 3 is 1.41 bits per heavy atom. The van der Waals surface area contributed by atoms with Crippen LogP contribution in [0, 0.1) is 0 Å². The summed E-state index contributed by atoms with van der Waals surface area (Å²) in [5.74, 6) is 0.892. The minimum Gasteiger partial charge on any atom is -0.309 e. The lowest BCUT2D eigenvalue weighted by atomic mass is 9.98. The van der Waals surface area contributed by atoms with Gasteiger partial charge >= 0.3 is 0 Å². The average Bonchev–Trinajstić information content (AvgIpc) is 3.91. The van der Waals surface area contributed by atoms with Crippen molar-refractivity contribution in [2.75, 3.05) is 0 Å². The van der Waals surface area contributed by atoms with Crippen LogP contribution in [-0.2, 0) is 0 Å². The Morgan fingerprint density at radius 2 is 0.697 bits per heavy atom. The minimum absolute atomic E-state index is 0.892. The zero-order valence-electron chi connectivity index (χ0n) is 36.0. The second kappa shape index (κ2) is 15.5. The molecule has 0 fully saturated rings.